The smallest absolute Gasteiger partial charge is 0.183 e. The van der Waals surface area contributed by atoms with Crippen molar-refractivity contribution in [1.29, 1.82) is 0 Å². The molecule has 24 heavy (non-hydrogen) atoms. The predicted octanol–water partition coefficient (Wildman–Crippen LogP) is 6.32. The molecule has 0 unspecified atom stereocenters. The molecule has 0 bridgehead atoms. The van der Waals surface area contributed by atoms with Crippen molar-refractivity contribution in [2.45, 2.75) is 40.0 Å². The largest absolute Gasteiger partial charge is 0.283 e. The zero-order valence-corrected chi connectivity index (χ0v) is 15.4. The van der Waals surface area contributed by atoms with Gasteiger partial charge in [0.1, 0.15) is 5.65 Å². The summed E-state index contributed by atoms with van der Waals surface area (Å²) in [5.41, 5.74) is 4.59. The molecule has 0 N–H and O–H groups in total. The molecule has 3 aromatic rings. The third-order valence-electron chi connectivity index (χ3n) is 3.95. The fourth-order valence-electron chi connectivity index (χ4n) is 2.54. The Balaban J connectivity index is 2.15. The second-order valence-corrected chi connectivity index (χ2v) is 7.46. The predicted molar refractivity (Wildman–Crippen MR) is 99.0 cm³/mol. The maximum atomic E-state index is 6.17. The number of imidazole rings is 1. The Kier molecular flexibility index (Phi) is 4.18. The molecule has 0 radical (unpaired) electrons. The van der Waals surface area contributed by atoms with E-state index in [4.69, 9.17) is 16.6 Å². The fraction of sp³-hybridized carbons (Fsp3) is 0.316. The summed E-state index contributed by atoms with van der Waals surface area (Å²) in [4.78, 5) is 4.81. The number of aromatic nitrogens is 2. The molecule has 0 fully saturated rings. The Morgan fingerprint density at radius 1 is 1.04 bits per heavy atom. The molecule has 0 aliphatic heterocycles. The lowest BCUT2D eigenvalue weighted by Gasteiger charge is -2.15. The van der Waals surface area contributed by atoms with Crippen molar-refractivity contribution in [1.82, 2.24) is 9.38 Å². The topological polar surface area (TPSA) is 42.0 Å². The van der Waals surface area contributed by atoms with Crippen LogP contribution in [0.5, 0.6) is 0 Å². The number of halogens is 1. The van der Waals surface area contributed by atoms with Gasteiger partial charge in [0.25, 0.3) is 0 Å². The molecule has 0 aliphatic rings. The van der Waals surface area contributed by atoms with Crippen LogP contribution >= 0.6 is 11.6 Å². The summed E-state index contributed by atoms with van der Waals surface area (Å²) < 4.78 is 2.00. The van der Waals surface area contributed by atoms with Crippen LogP contribution in [0.15, 0.2) is 46.8 Å². The third-order valence-corrected chi connectivity index (χ3v) is 4.35. The lowest BCUT2D eigenvalue weighted by Crippen LogP contribution is -2.11. The van der Waals surface area contributed by atoms with Gasteiger partial charge in [-0.25, -0.2) is 4.98 Å². The molecular weight excluding hydrogens is 320 g/mol. The van der Waals surface area contributed by atoms with E-state index in [2.05, 4.69) is 44.0 Å². The lowest BCUT2D eigenvalue weighted by atomic mass is 9.92. The molecule has 2 aromatic heterocycles. The minimum atomic E-state index is -0.127. The van der Waals surface area contributed by atoms with Crippen molar-refractivity contribution < 1.29 is 0 Å². The van der Waals surface area contributed by atoms with Crippen LogP contribution in [0.25, 0.3) is 5.65 Å². The molecule has 0 spiro atoms. The van der Waals surface area contributed by atoms with Gasteiger partial charge in [0.2, 0.25) is 0 Å². The van der Waals surface area contributed by atoms with Crippen LogP contribution < -0.4 is 0 Å². The highest BCUT2D eigenvalue weighted by atomic mass is 35.5. The average molecular weight is 341 g/mol. The van der Waals surface area contributed by atoms with Crippen LogP contribution in [0.4, 0.5) is 11.5 Å². The molecule has 4 nitrogen and oxygen atoms in total. The van der Waals surface area contributed by atoms with E-state index in [9.17, 15) is 0 Å². The second kappa shape index (κ2) is 6.02. The Bertz CT molecular complexity index is 932. The van der Waals surface area contributed by atoms with Crippen molar-refractivity contribution in [3.8, 4) is 0 Å². The summed E-state index contributed by atoms with van der Waals surface area (Å²) >= 11 is 6.17. The van der Waals surface area contributed by atoms with Crippen LogP contribution in [0, 0.1) is 13.8 Å². The van der Waals surface area contributed by atoms with Gasteiger partial charge in [-0.15, -0.1) is 10.2 Å². The first-order valence-corrected chi connectivity index (χ1v) is 8.31. The van der Waals surface area contributed by atoms with Crippen molar-refractivity contribution in [3.63, 3.8) is 0 Å². The molecule has 1 aromatic carbocycles. The number of rotatable bonds is 2. The van der Waals surface area contributed by atoms with Gasteiger partial charge >= 0.3 is 0 Å². The highest BCUT2D eigenvalue weighted by Crippen LogP contribution is 2.34. The van der Waals surface area contributed by atoms with Crippen molar-refractivity contribution >= 4 is 28.8 Å². The standard InChI is InChI=1S/C19H21ClN4/c1-12-8-9-14(11-15(12)20)22-23-18-16(19(3,4)5)21-17-13(2)7-6-10-24(17)18/h6-11H,1-5H3. The zero-order valence-electron chi connectivity index (χ0n) is 14.6. The number of fused-ring (bicyclic) bond motifs is 1. The summed E-state index contributed by atoms with van der Waals surface area (Å²) in [6.07, 6.45) is 1.97. The van der Waals surface area contributed by atoms with Gasteiger partial charge in [-0.3, -0.25) is 4.40 Å². The number of pyridine rings is 1. The van der Waals surface area contributed by atoms with E-state index >= 15 is 0 Å². The lowest BCUT2D eigenvalue weighted by molar-refractivity contribution is 0.573. The van der Waals surface area contributed by atoms with Gasteiger partial charge < -0.3 is 0 Å². The number of hydrogen-bond acceptors (Lipinski definition) is 3. The number of hydrogen-bond donors (Lipinski definition) is 0. The molecule has 0 atom stereocenters. The number of azo groups is 1. The van der Waals surface area contributed by atoms with E-state index in [1.165, 1.54) is 0 Å². The first-order valence-electron chi connectivity index (χ1n) is 7.93. The summed E-state index contributed by atoms with van der Waals surface area (Å²) in [6, 6.07) is 9.73. The van der Waals surface area contributed by atoms with Gasteiger partial charge in [0, 0.05) is 16.6 Å². The molecule has 3 rings (SSSR count). The monoisotopic (exact) mass is 340 g/mol. The summed E-state index contributed by atoms with van der Waals surface area (Å²) in [5, 5.41) is 9.59. The minimum Gasteiger partial charge on any atom is -0.283 e. The van der Waals surface area contributed by atoms with Crippen LogP contribution in [-0.4, -0.2) is 9.38 Å². The second-order valence-electron chi connectivity index (χ2n) is 7.05. The van der Waals surface area contributed by atoms with Crippen molar-refractivity contribution in [2.75, 3.05) is 0 Å². The van der Waals surface area contributed by atoms with Crippen LogP contribution in [0.3, 0.4) is 0 Å². The fourth-order valence-corrected chi connectivity index (χ4v) is 2.71. The first kappa shape index (κ1) is 16.7. The van der Waals surface area contributed by atoms with E-state index in [-0.39, 0.29) is 5.41 Å². The van der Waals surface area contributed by atoms with Crippen molar-refractivity contribution in [2.24, 2.45) is 10.2 Å². The third kappa shape index (κ3) is 3.06. The Morgan fingerprint density at radius 2 is 1.79 bits per heavy atom. The SMILES string of the molecule is Cc1ccc(N=Nc2c(C(C)(C)C)nc3c(C)cccn23)cc1Cl. The molecule has 2 heterocycles. The maximum absolute atomic E-state index is 6.17. The maximum Gasteiger partial charge on any atom is 0.183 e. The van der Waals surface area contributed by atoms with Gasteiger partial charge in [0.15, 0.2) is 5.82 Å². The van der Waals surface area contributed by atoms with Crippen LogP contribution in [-0.2, 0) is 5.41 Å². The molecule has 0 saturated heterocycles. The Labute approximate surface area is 147 Å². The molecule has 124 valence electrons. The molecule has 0 aliphatic carbocycles. The van der Waals surface area contributed by atoms with Gasteiger partial charge in [-0.2, -0.15) is 0 Å². The summed E-state index contributed by atoms with van der Waals surface area (Å²) in [5.74, 6) is 0.762. The number of aryl methyl sites for hydroxylation is 2. The highest BCUT2D eigenvalue weighted by molar-refractivity contribution is 6.31. The summed E-state index contributed by atoms with van der Waals surface area (Å²) in [7, 11) is 0. The molecule has 0 saturated carbocycles. The van der Waals surface area contributed by atoms with Gasteiger partial charge in [-0.05, 0) is 43.2 Å². The van der Waals surface area contributed by atoms with E-state index in [0.29, 0.717) is 5.02 Å². The number of benzene rings is 1. The molecule has 0 amide bonds. The Morgan fingerprint density at radius 3 is 2.46 bits per heavy atom. The molecule has 5 heteroatoms. The van der Waals surface area contributed by atoms with E-state index in [1.807, 2.05) is 41.8 Å². The summed E-state index contributed by atoms with van der Waals surface area (Å²) in [6.45, 7) is 10.4. The van der Waals surface area contributed by atoms with Gasteiger partial charge in [-0.1, -0.05) is 44.5 Å². The van der Waals surface area contributed by atoms with Crippen molar-refractivity contribution in [3.05, 3.63) is 58.4 Å². The van der Waals surface area contributed by atoms with Gasteiger partial charge in [0.05, 0.1) is 11.4 Å². The zero-order chi connectivity index (χ0) is 17.5. The molecular formula is C19H21ClN4. The van der Waals surface area contributed by atoms with Crippen LogP contribution in [0.2, 0.25) is 5.02 Å². The highest BCUT2D eigenvalue weighted by Gasteiger charge is 2.24. The van der Waals surface area contributed by atoms with E-state index in [0.717, 1.165) is 34.0 Å². The first-order chi connectivity index (χ1) is 11.3. The normalized spacial score (nSPS) is 12.4. The average Bonchev–Trinajstić information content (AvgIpc) is 2.89. The quantitative estimate of drug-likeness (QED) is 0.503. The number of nitrogens with zero attached hydrogens (tertiary/aromatic N) is 4. The van der Waals surface area contributed by atoms with Crippen LogP contribution in [0.1, 0.15) is 37.6 Å². The van der Waals surface area contributed by atoms with E-state index in [1.54, 1.807) is 0 Å². The Hall–Kier alpha value is -2.20. The minimum absolute atomic E-state index is 0.127. The van der Waals surface area contributed by atoms with E-state index < -0.39 is 0 Å².